The van der Waals surface area contributed by atoms with Crippen molar-refractivity contribution in [3.63, 3.8) is 0 Å². The molecule has 4 nitrogen and oxygen atoms in total. The fraction of sp³-hybridized carbons (Fsp3) is 0.562. The lowest BCUT2D eigenvalue weighted by molar-refractivity contribution is -0.140. The lowest BCUT2D eigenvalue weighted by Crippen LogP contribution is -2.47. The van der Waals surface area contributed by atoms with E-state index in [0.29, 0.717) is 5.75 Å². The zero-order chi connectivity index (χ0) is 15.2. The van der Waals surface area contributed by atoms with Crippen LogP contribution >= 0.6 is 0 Å². The van der Waals surface area contributed by atoms with Gasteiger partial charge >= 0.3 is 0 Å². The summed E-state index contributed by atoms with van der Waals surface area (Å²) in [7, 11) is 0. The van der Waals surface area contributed by atoms with Crippen LogP contribution < -0.4 is 10.1 Å². The van der Waals surface area contributed by atoms with E-state index in [2.05, 4.69) is 12.2 Å². The topological polar surface area (TPSA) is 41.6 Å². The van der Waals surface area contributed by atoms with Gasteiger partial charge in [0.15, 0.2) is 6.10 Å². The van der Waals surface area contributed by atoms with Gasteiger partial charge < -0.3 is 15.0 Å². The first-order chi connectivity index (χ1) is 10.1. The number of benzene rings is 1. The minimum Gasteiger partial charge on any atom is -0.481 e. The summed E-state index contributed by atoms with van der Waals surface area (Å²) in [5, 5.41) is 3.28. The van der Waals surface area contributed by atoms with Crippen molar-refractivity contribution >= 4 is 5.91 Å². The number of hydrogen-bond donors (Lipinski definition) is 1. The molecule has 1 aromatic carbocycles. The van der Waals surface area contributed by atoms with Gasteiger partial charge in [-0.05, 0) is 38.4 Å². The van der Waals surface area contributed by atoms with Crippen molar-refractivity contribution in [2.24, 2.45) is 0 Å². The van der Waals surface area contributed by atoms with Crippen molar-refractivity contribution in [1.29, 1.82) is 0 Å². The summed E-state index contributed by atoms with van der Waals surface area (Å²) >= 11 is 0. The number of carbonyl (C=O) groups excluding carboxylic acids is 1. The summed E-state index contributed by atoms with van der Waals surface area (Å²) in [5.74, 6) is -0.00999. The smallest absolute Gasteiger partial charge is 0.263 e. The van der Waals surface area contributed by atoms with E-state index in [9.17, 15) is 9.18 Å². The number of rotatable bonds is 6. The van der Waals surface area contributed by atoms with Gasteiger partial charge in [-0.1, -0.05) is 13.0 Å². The minimum atomic E-state index is -0.612. The van der Waals surface area contributed by atoms with E-state index >= 15 is 0 Å². The maximum Gasteiger partial charge on any atom is 0.263 e. The van der Waals surface area contributed by atoms with Crippen LogP contribution in [0.2, 0.25) is 0 Å². The van der Waals surface area contributed by atoms with Crippen LogP contribution in [0.15, 0.2) is 24.3 Å². The zero-order valence-corrected chi connectivity index (χ0v) is 12.6. The molecule has 5 heteroatoms. The van der Waals surface area contributed by atoms with Crippen LogP contribution in [0, 0.1) is 5.82 Å². The summed E-state index contributed by atoms with van der Waals surface area (Å²) in [6.45, 7) is 6.27. The Bertz CT molecular complexity index is 475. The van der Waals surface area contributed by atoms with Gasteiger partial charge in [0.25, 0.3) is 5.91 Å². The predicted octanol–water partition coefficient (Wildman–Crippen LogP) is 2.19. The summed E-state index contributed by atoms with van der Waals surface area (Å²) in [5.41, 5.74) is 0. The van der Waals surface area contributed by atoms with Crippen LogP contribution in [-0.2, 0) is 4.79 Å². The zero-order valence-electron chi connectivity index (χ0n) is 12.6. The third-order valence-corrected chi connectivity index (χ3v) is 3.68. The van der Waals surface area contributed by atoms with E-state index in [1.165, 1.54) is 12.1 Å². The number of carbonyl (C=O) groups is 1. The van der Waals surface area contributed by atoms with Crippen molar-refractivity contribution in [2.75, 3.05) is 19.6 Å². The van der Waals surface area contributed by atoms with Gasteiger partial charge in [0, 0.05) is 25.2 Å². The highest BCUT2D eigenvalue weighted by Crippen LogP contribution is 2.17. The number of hydrogen-bond acceptors (Lipinski definition) is 3. The van der Waals surface area contributed by atoms with E-state index < -0.39 is 6.10 Å². The SMILES string of the molecule is CCCN(C(=O)C(C)Oc1cccc(F)c1)C1CCNC1. The lowest BCUT2D eigenvalue weighted by Gasteiger charge is -2.30. The molecule has 1 saturated heterocycles. The maximum atomic E-state index is 13.2. The van der Waals surface area contributed by atoms with Gasteiger partial charge in [-0.25, -0.2) is 4.39 Å². The first kappa shape index (κ1) is 15.8. The molecule has 0 aromatic heterocycles. The molecule has 1 heterocycles. The average molecular weight is 294 g/mol. The molecule has 0 saturated carbocycles. The Morgan fingerprint density at radius 3 is 3.00 bits per heavy atom. The molecule has 1 aliphatic rings. The first-order valence-electron chi connectivity index (χ1n) is 7.55. The monoisotopic (exact) mass is 294 g/mol. The largest absolute Gasteiger partial charge is 0.481 e. The number of nitrogens with one attached hydrogen (secondary N) is 1. The van der Waals surface area contributed by atoms with E-state index in [1.54, 1.807) is 19.1 Å². The fourth-order valence-electron chi connectivity index (χ4n) is 2.65. The molecule has 21 heavy (non-hydrogen) atoms. The van der Waals surface area contributed by atoms with E-state index in [4.69, 9.17) is 4.74 Å². The number of ether oxygens (including phenoxy) is 1. The third-order valence-electron chi connectivity index (χ3n) is 3.68. The number of halogens is 1. The van der Waals surface area contributed by atoms with Gasteiger partial charge in [-0.2, -0.15) is 0 Å². The lowest BCUT2D eigenvalue weighted by atomic mass is 10.2. The maximum absolute atomic E-state index is 13.2. The van der Waals surface area contributed by atoms with Crippen molar-refractivity contribution in [3.05, 3.63) is 30.1 Å². The molecule has 1 aliphatic heterocycles. The second-order valence-corrected chi connectivity index (χ2v) is 5.40. The second-order valence-electron chi connectivity index (χ2n) is 5.40. The molecule has 0 radical (unpaired) electrons. The Kier molecular flexibility index (Phi) is 5.56. The molecule has 1 N–H and O–H groups in total. The third kappa shape index (κ3) is 4.17. The molecular formula is C16H23FN2O2. The molecule has 1 amide bonds. The summed E-state index contributed by atoms with van der Waals surface area (Å²) < 4.78 is 18.8. The summed E-state index contributed by atoms with van der Waals surface area (Å²) in [6, 6.07) is 6.12. The molecule has 1 aromatic rings. The number of nitrogens with zero attached hydrogens (tertiary/aromatic N) is 1. The van der Waals surface area contributed by atoms with E-state index in [0.717, 1.165) is 32.5 Å². The molecule has 2 unspecified atom stereocenters. The van der Waals surface area contributed by atoms with Crippen molar-refractivity contribution in [1.82, 2.24) is 10.2 Å². The molecule has 0 spiro atoms. The molecule has 116 valence electrons. The van der Waals surface area contributed by atoms with Crippen molar-refractivity contribution < 1.29 is 13.9 Å². The molecule has 0 aliphatic carbocycles. The second kappa shape index (κ2) is 7.41. The average Bonchev–Trinajstić information content (AvgIpc) is 2.98. The van der Waals surface area contributed by atoms with Crippen LogP contribution in [0.5, 0.6) is 5.75 Å². The summed E-state index contributed by atoms with van der Waals surface area (Å²) in [4.78, 5) is 14.5. The van der Waals surface area contributed by atoms with Gasteiger partial charge in [-0.3, -0.25) is 4.79 Å². The Labute approximate surface area is 125 Å². The molecular weight excluding hydrogens is 271 g/mol. The molecule has 2 rings (SSSR count). The van der Waals surface area contributed by atoms with Gasteiger partial charge in [0.1, 0.15) is 11.6 Å². The normalized spacial score (nSPS) is 19.3. The molecule has 2 atom stereocenters. The summed E-state index contributed by atoms with van der Waals surface area (Å²) in [6.07, 6.45) is 1.27. The van der Waals surface area contributed by atoms with Crippen LogP contribution in [0.3, 0.4) is 0 Å². The quantitative estimate of drug-likeness (QED) is 0.874. The van der Waals surface area contributed by atoms with Gasteiger partial charge in [0.05, 0.1) is 0 Å². The minimum absolute atomic E-state index is 0.0326. The van der Waals surface area contributed by atoms with Crippen LogP contribution in [0.25, 0.3) is 0 Å². The van der Waals surface area contributed by atoms with Gasteiger partial charge in [-0.15, -0.1) is 0 Å². The predicted molar refractivity (Wildman–Crippen MR) is 79.8 cm³/mol. The van der Waals surface area contributed by atoms with E-state index in [1.807, 2.05) is 4.90 Å². The Morgan fingerprint density at radius 1 is 1.57 bits per heavy atom. The molecule has 0 bridgehead atoms. The van der Waals surface area contributed by atoms with Crippen molar-refractivity contribution in [2.45, 2.75) is 38.8 Å². The standard InChI is InChI=1S/C16H23FN2O2/c1-3-9-19(14-7-8-18-11-14)16(20)12(2)21-15-6-4-5-13(17)10-15/h4-6,10,12,14,18H,3,7-9,11H2,1-2H3. The van der Waals surface area contributed by atoms with Crippen molar-refractivity contribution in [3.8, 4) is 5.75 Å². The van der Waals surface area contributed by atoms with Crippen LogP contribution in [0.4, 0.5) is 4.39 Å². The first-order valence-corrected chi connectivity index (χ1v) is 7.55. The van der Waals surface area contributed by atoms with Crippen LogP contribution in [0.1, 0.15) is 26.7 Å². The highest BCUT2D eigenvalue weighted by molar-refractivity contribution is 5.81. The van der Waals surface area contributed by atoms with Crippen LogP contribution in [-0.4, -0.2) is 42.6 Å². The van der Waals surface area contributed by atoms with E-state index in [-0.39, 0.29) is 17.8 Å². The highest BCUT2D eigenvalue weighted by atomic mass is 19.1. The molecule has 1 fully saturated rings. The fourth-order valence-corrected chi connectivity index (χ4v) is 2.65. The Morgan fingerprint density at radius 2 is 2.38 bits per heavy atom. The van der Waals surface area contributed by atoms with Gasteiger partial charge in [0.2, 0.25) is 0 Å². The number of amides is 1. The Balaban J connectivity index is 2.01. The highest BCUT2D eigenvalue weighted by Gasteiger charge is 2.29. The Hall–Kier alpha value is -1.62.